The molecule has 0 aliphatic carbocycles. The first-order valence-electron chi connectivity index (χ1n) is 4.69. The Bertz CT molecular complexity index is 383. The molecule has 0 radical (unpaired) electrons. The molecule has 0 atom stereocenters. The molecule has 4 nitrogen and oxygen atoms in total. The number of hydrogen-bond donors (Lipinski definition) is 1. The summed E-state index contributed by atoms with van der Waals surface area (Å²) in [6.45, 7) is 2.46. The number of nitrogens with one attached hydrogen (secondary N) is 1. The summed E-state index contributed by atoms with van der Waals surface area (Å²) >= 11 is 0. The predicted octanol–water partition coefficient (Wildman–Crippen LogP) is 2.01. The fourth-order valence-electron chi connectivity index (χ4n) is 1.29. The van der Waals surface area contributed by atoms with Crippen LogP contribution in [-0.4, -0.2) is 20.8 Å². The Labute approximate surface area is 89.4 Å². The van der Waals surface area contributed by atoms with Gasteiger partial charge in [0.15, 0.2) is 11.5 Å². The summed E-state index contributed by atoms with van der Waals surface area (Å²) < 4.78 is 10.5. The molecule has 0 aromatic heterocycles. The van der Waals surface area contributed by atoms with Crippen molar-refractivity contribution in [3.63, 3.8) is 0 Å². The number of methoxy groups -OCH3 is 1. The van der Waals surface area contributed by atoms with E-state index in [0.717, 1.165) is 5.69 Å². The van der Waals surface area contributed by atoms with Crippen LogP contribution < -0.4 is 14.8 Å². The van der Waals surface area contributed by atoms with Gasteiger partial charge in [-0.15, -0.1) is 0 Å². The van der Waals surface area contributed by atoms with E-state index in [4.69, 9.17) is 14.7 Å². The summed E-state index contributed by atoms with van der Waals surface area (Å²) in [5, 5.41) is 11.8. The summed E-state index contributed by atoms with van der Waals surface area (Å²) in [4.78, 5) is 0. The predicted molar refractivity (Wildman–Crippen MR) is 58.4 cm³/mol. The molecular weight excluding hydrogens is 192 g/mol. The van der Waals surface area contributed by atoms with Gasteiger partial charge in [-0.1, -0.05) is 0 Å². The van der Waals surface area contributed by atoms with Crippen LogP contribution in [0.4, 0.5) is 5.69 Å². The Morgan fingerprint density at radius 2 is 2.13 bits per heavy atom. The van der Waals surface area contributed by atoms with Crippen LogP contribution in [0.3, 0.4) is 0 Å². The molecule has 0 fully saturated rings. The average Bonchev–Trinajstić information content (AvgIpc) is 2.28. The standard InChI is InChI=1S/C11H14N2O2/c1-4-15-11-6-9(13-2)8(7-12)5-10(11)14-3/h5-6,13H,4H2,1-3H3. The first kappa shape index (κ1) is 11.2. The maximum absolute atomic E-state index is 8.90. The van der Waals surface area contributed by atoms with Crippen molar-refractivity contribution in [2.45, 2.75) is 6.92 Å². The molecule has 0 bridgehead atoms. The second kappa shape index (κ2) is 5.11. The average molecular weight is 206 g/mol. The number of nitriles is 1. The van der Waals surface area contributed by atoms with Gasteiger partial charge >= 0.3 is 0 Å². The third kappa shape index (κ3) is 2.32. The fraction of sp³-hybridized carbons (Fsp3) is 0.364. The van der Waals surface area contributed by atoms with E-state index in [2.05, 4.69) is 11.4 Å². The molecule has 1 N–H and O–H groups in total. The molecule has 1 aromatic carbocycles. The normalized spacial score (nSPS) is 9.20. The van der Waals surface area contributed by atoms with Crippen LogP contribution in [0.25, 0.3) is 0 Å². The summed E-state index contributed by atoms with van der Waals surface area (Å²) in [5.74, 6) is 1.22. The maximum atomic E-state index is 8.90. The van der Waals surface area contributed by atoms with Crippen LogP contribution >= 0.6 is 0 Å². The Hall–Kier alpha value is -1.89. The van der Waals surface area contributed by atoms with Crippen molar-refractivity contribution in [2.75, 3.05) is 26.1 Å². The second-order valence-corrected chi connectivity index (χ2v) is 2.84. The summed E-state index contributed by atoms with van der Waals surface area (Å²) in [6, 6.07) is 5.52. The van der Waals surface area contributed by atoms with Gasteiger partial charge in [-0.2, -0.15) is 5.26 Å². The highest BCUT2D eigenvalue weighted by molar-refractivity contribution is 5.64. The van der Waals surface area contributed by atoms with Gasteiger partial charge in [0, 0.05) is 19.2 Å². The van der Waals surface area contributed by atoms with Gasteiger partial charge in [-0.3, -0.25) is 0 Å². The Balaban J connectivity index is 3.22. The summed E-state index contributed by atoms with van der Waals surface area (Å²) in [6.07, 6.45) is 0. The number of hydrogen-bond acceptors (Lipinski definition) is 4. The van der Waals surface area contributed by atoms with E-state index in [1.807, 2.05) is 6.92 Å². The smallest absolute Gasteiger partial charge is 0.163 e. The zero-order chi connectivity index (χ0) is 11.3. The van der Waals surface area contributed by atoms with Crippen LogP contribution in [0.5, 0.6) is 11.5 Å². The first-order chi connectivity index (χ1) is 7.26. The highest BCUT2D eigenvalue weighted by Crippen LogP contribution is 2.32. The lowest BCUT2D eigenvalue weighted by Crippen LogP contribution is -1.99. The van der Waals surface area contributed by atoms with Crippen LogP contribution in [0.2, 0.25) is 0 Å². The van der Waals surface area contributed by atoms with Gasteiger partial charge in [0.25, 0.3) is 0 Å². The number of anilines is 1. The zero-order valence-electron chi connectivity index (χ0n) is 9.13. The van der Waals surface area contributed by atoms with Gasteiger partial charge < -0.3 is 14.8 Å². The molecule has 0 spiro atoms. The van der Waals surface area contributed by atoms with Crippen molar-refractivity contribution in [3.8, 4) is 17.6 Å². The molecule has 0 aliphatic heterocycles. The minimum absolute atomic E-state index is 0.540. The van der Waals surface area contributed by atoms with Crippen LogP contribution in [0.15, 0.2) is 12.1 Å². The van der Waals surface area contributed by atoms with E-state index in [9.17, 15) is 0 Å². The lowest BCUT2D eigenvalue weighted by molar-refractivity contribution is 0.311. The molecule has 0 heterocycles. The van der Waals surface area contributed by atoms with Crippen molar-refractivity contribution < 1.29 is 9.47 Å². The Kier molecular flexibility index (Phi) is 3.81. The number of rotatable bonds is 4. The number of ether oxygens (including phenoxy) is 2. The third-order valence-electron chi connectivity index (χ3n) is 1.99. The van der Waals surface area contributed by atoms with Gasteiger partial charge in [-0.05, 0) is 6.92 Å². The van der Waals surface area contributed by atoms with Crippen molar-refractivity contribution >= 4 is 5.69 Å². The largest absolute Gasteiger partial charge is 0.493 e. The lowest BCUT2D eigenvalue weighted by Gasteiger charge is -2.12. The fourth-order valence-corrected chi connectivity index (χ4v) is 1.29. The molecule has 0 amide bonds. The van der Waals surface area contributed by atoms with Gasteiger partial charge in [0.1, 0.15) is 6.07 Å². The molecule has 0 unspecified atom stereocenters. The quantitative estimate of drug-likeness (QED) is 0.818. The van der Waals surface area contributed by atoms with E-state index in [1.165, 1.54) is 0 Å². The van der Waals surface area contributed by atoms with Crippen LogP contribution in [0.1, 0.15) is 12.5 Å². The lowest BCUT2D eigenvalue weighted by atomic mass is 10.1. The van der Waals surface area contributed by atoms with Crippen molar-refractivity contribution in [1.82, 2.24) is 0 Å². The van der Waals surface area contributed by atoms with Crippen molar-refractivity contribution in [1.29, 1.82) is 5.26 Å². The molecule has 0 saturated heterocycles. The van der Waals surface area contributed by atoms with E-state index >= 15 is 0 Å². The topological polar surface area (TPSA) is 54.3 Å². The summed E-state index contributed by atoms with van der Waals surface area (Å²) in [7, 11) is 3.32. The van der Waals surface area contributed by atoms with E-state index in [0.29, 0.717) is 23.7 Å². The van der Waals surface area contributed by atoms with Crippen molar-refractivity contribution in [2.24, 2.45) is 0 Å². The van der Waals surface area contributed by atoms with E-state index in [1.54, 1.807) is 26.3 Å². The van der Waals surface area contributed by atoms with Crippen LogP contribution in [-0.2, 0) is 0 Å². The van der Waals surface area contributed by atoms with E-state index in [-0.39, 0.29) is 0 Å². The SMILES string of the molecule is CCOc1cc(NC)c(C#N)cc1OC. The molecule has 4 heteroatoms. The molecule has 15 heavy (non-hydrogen) atoms. The minimum atomic E-state index is 0.540. The minimum Gasteiger partial charge on any atom is -0.493 e. The highest BCUT2D eigenvalue weighted by Gasteiger charge is 2.09. The van der Waals surface area contributed by atoms with E-state index < -0.39 is 0 Å². The second-order valence-electron chi connectivity index (χ2n) is 2.84. The molecular formula is C11H14N2O2. The zero-order valence-corrected chi connectivity index (χ0v) is 9.13. The Morgan fingerprint density at radius 1 is 1.40 bits per heavy atom. The number of nitrogens with zero attached hydrogens (tertiary/aromatic N) is 1. The third-order valence-corrected chi connectivity index (χ3v) is 1.99. The molecule has 1 aromatic rings. The molecule has 1 rings (SSSR count). The summed E-state index contributed by atoms with van der Waals surface area (Å²) in [5.41, 5.74) is 1.28. The maximum Gasteiger partial charge on any atom is 0.163 e. The Morgan fingerprint density at radius 3 is 2.60 bits per heavy atom. The molecule has 0 saturated carbocycles. The van der Waals surface area contributed by atoms with Gasteiger partial charge in [-0.25, -0.2) is 0 Å². The van der Waals surface area contributed by atoms with Gasteiger partial charge in [0.2, 0.25) is 0 Å². The van der Waals surface area contributed by atoms with Crippen molar-refractivity contribution in [3.05, 3.63) is 17.7 Å². The molecule has 0 aliphatic rings. The monoisotopic (exact) mass is 206 g/mol. The van der Waals surface area contributed by atoms with Crippen LogP contribution in [0, 0.1) is 11.3 Å². The highest BCUT2D eigenvalue weighted by atomic mass is 16.5. The molecule has 80 valence electrons. The van der Waals surface area contributed by atoms with Gasteiger partial charge in [0.05, 0.1) is 25.0 Å². The first-order valence-corrected chi connectivity index (χ1v) is 4.69. The number of benzene rings is 1.